The minimum Gasteiger partial charge on any atom is -0.384 e. The van der Waals surface area contributed by atoms with Gasteiger partial charge in [-0.1, -0.05) is 6.07 Å². The lowest BCUT2D eigenvalue weighted by Gasteiger charge is -2.36. The van der Waals surface area contributed by atoms with Crippen molar-refractivity contribution in [1.29, 1.82) is 0 Å². The fourth-order valence-electron chi connectivity index (χ4n) is 3.23. The van der Waals surface area contributed by atoms with Crippen LogP contribution in [0.15, 0.2) is 47.6 Å². The van der Waals surface area contributed by atoms with Gasteiger partial charge in [0.25, 0.3) is 0 Å². The van der Waals surface area contributed by atoms with Crippen molar-refractivity contribution in [3.63, 3.8) is 0 Å². The molecule has 0 unspecified atom stereocenters. The number of nitrogens with one attached hydrogen (secondary N) is 1. The van der Waals surface area contributed by atoms with E-state index in [0.29, 0.717) is 17.0 Å². The summed E-state index contributed by atoms with van der Waals surface area (Å²) in [6, 6.07) is 8.42. The van der Waals surface area contributed by atoms with Gasteiger partial charge in [0, 0.05) is 29.6 Å². The number of hydrogen-bond donors (Lipinski definition) is 3. The average molecular weight is 442 g/mol. The molecule has 1 aromatic carbocycles. The second-order valence-corrected chi connectivity index (χ2v) is 9.46. The molecule has 162 valence electrons. The Kier molecular flexibility index (Phi) is 5.48. The average Bonchev–Trinajstić information content (AvgIpc) is 2.71. The number of hydrogen-bond acceptors (Lipinski definition) is 8. The Balaban J connectivity index is 1.69. The molecule has 3 aromatic rings. The first-order valence-corrected chi connectivity index (χ1v) is 11.1. The lowest BCUT2D eigenvalue weighted by molar-refractivity contribution is -0.172. The molecule has 0 spiro atoms. The highest BCUT2D eigenvalue weighted by atomic mass is 32.2. The van der Waals surface area contributed by atoms with Crippen LogP contribution < -0.4 is 10.5 Å². The lowest BCUT2D eigenvalue weighted by atomic mass is 10.0. The largest absolute Gasteiger partial charge is 0.384 e. The predicted molar refractivity (Wildman–Crippen MR) is 116 cm³/mol. The van der Waals surface area contributed by atoms with E-state index in [0.717, 1.165) is 16.8 Å². The van der Waals surface area contributed by atoms with Gasteiger partial charge >= 0.3 is 0 Å². The third-order valence-corrected chi connectivity index (χ3v) is 6.50. The Labute approximate surface area is 180 Å². The molecular weight excluding hydrogens is 418 g/mol. The Morgan fingerprint density at radius 3 is 2.65 bits per heavy atom. The number of anilines is 1. The minimum atomic E-state index is -3.84. The summed E-state index contributed by atoms with van der Waals surface area (Å²) in [6.45, 7) is 3.82. The number of benzene rings is 1. The maximum absolute atomic E-state index is 12.8. The summed E-state index contributed by atoms with van der Waals surface area (Å²) < 4.78 is 32.9. The van der Waals surface area contributed by atoms with E-state index >= 15 is 0 Å². The van der Waals surface area contributed by atoms with E-state index in [9.17, 15) is 13.5 Å². The molecule has 3 heterocycles. The number of rotatable bonds is 6. The van der Waals surface area contributed by atoms with Gasteiger partial charge in [0.1, 0.15) is 17.1 Å². The van der Waals surface area contributed by atoms with Crippen LogP contribution in [0.2, 0.25) is 0 Å². The molecule has 0 atom stereocenters. The summed E-state index contributed by atoms with van der Waals surface area (Å²) in [5.41, 5.74) is 8.93. The second kappa shape index (κ2) is 7.97. The molecule has 9 nitrogen and oxygen atoms in total. The monoisotopic (exact) mass is 441 g/mol. The maximum Gasteiger partial charge on any atom is 0.240 e. The number of nitrogens with two attached hydrogens (primary N) is 1. The zero-order valence-electron chi connectivity index (χ0n) is 17.2. The number of aromatic nitrogens is 3. The summed E-state index contributed by atoms with van der Waals surface area (Å²) in [7, 11) is -3.84. The van der Waals surface area contributed by atoms with Gasteiger partial charge in [0.15, 0.2) is 0 Å². The van der Waals surface area contributed by atoms with Gasteiger partial charge in [0.05, 0.1) is 30.0 Å². The molecule has 0 saturated carbocycles. The molecule has 31 heavy (non-hydrogen) atoms. The zero-order valence-corrected chi connectivity index (χ0v) is 18.0. The van der Waals surface area contributed by atoms with Crippen LogP contribution in [0.3, 0.4) is 0 Å². The molecule has 10 heteroatoms. The Bertz CT molecular complexity index is 1240. The van der Waals surface area contributed by atoms with Crippen molar-refractivity contribution in [3.8, 4) is 22.5 Å². The number of nitrogen functional groups attached to an aromatic ring is 1. The van der Waals surface area contributed by atoms with E-state index in [2.05, 4.69) is 19.7 Å². The van der Waals surface area contributed by atoms with Crippen LogP contribution in [0.5, 0.6) is 0 Å². The van der Waals surface area contributed by atoms with Crippen LogP contribution in [0.1, 0.15) is 11.3 Å². The highest BCUT2D eigenvalue weighted by Crippen LogP contribution is 2.29. The first-order chi connectivity index (χ1) is 14.7. The molecule has 0 radical (unpaired) electrons. The van der Waals surface area contributed by atoms with Gasteiger partial charge in [0.2, 0.25) is 10.0 Å². The molecule has 4 rings (SSSR count). The summed E-state index contributed by atoms with van der Waals surface area (Å²) >= 11 is 0. The molecule has 2 aromatic heterocycles. The number of aryl methyl sites for hydroxylation is 2. The quantitative estimate of drug-likeness (QED) is 0.522. The van der Waals surface area contributed by atoms with E-state index in [4.69, 9.17) is 10.5 Å². The summed E-state index contributed by atoms with van der Waals surface area (Å²) in [6.07, 6.45) is 3.19. The molecule has 1 fully saturated rings. The van der Waals surface area contributed by atoms with E-state index in [1.807, 2.05) is 19.9 Å². The predicted octanol–water partition coefficient (Wildman–Crippen LogP) is 1.44. The van der Waals surface area contributed by atoms with Crippen molar-refractivity contribution in [3.05, 3.63) is 54.0 Å². The van der Waals surface area contributed by atoms with Crippen molar-refractivity contribution in [2.24, 2.45) is 0 Å². The van der Waals surface area contributed by atoms with Crippen molar-refractivity contribution < 1.29 is 18.3 Å². The smallest absolute Gasteiger partial charge is 0.240 e. The van der Waals surface area contributed by atoms with Crippen LogP contribution in [0.4, 0.5) is 5.82 Å². The standard InChI is InChI=1S/C21H23N5O4S/c1-13-3-4-16(31(28,29)25-10-21(27)11-30-12-21)8-17(13)18-9-24-20(22)19(26-18)15-5-6-23-14(2)7-15/h3-9,25,27H,10-12H2,1-2H3,(H2,22,24). The molecule has 1 saturated heterocycles. The third-order valence-electron chi connectivity index (χ3n) is 5.10. The van der Waals surface area contributed by atoms with Crippen LogP contribution in [0, 0.1) is 13.8 Å². The highest BCUT2D eigenvalue weighted by Gasteiger charge is 2.37. The summed E-state index contributed by atoms with van der Waals surface area (Å²) in [5.74, 6) is 0.272. The number of aliphatic hydroxyl groups is 1. The number of pyridine rings is 1. The van der Waals surface area contributed by atoms with Crippen molar-refractivity contribution in [2.75, 3.05) is 25.5 Å². The highest BCUT2D eigenvalue weighted by molar-refractivity contribution is 7.89. The van der Waals surface area contributed by atoms with Crippen LogP contribution >= 0.6 is 0 Å². The van der Waals surface area contributed by atoms with Crippen LogP contribution in [-0.4, -0.2) is 53.8 Å². The third kappa shape index (κ3) is 4.42. The Hall–Kier alpha value is -2.92. The molecule has 1 aliphatic rings. The van der Waals surface area contributed by atoms with Gasteiger partial charge < -0.3 is 15.6 Å². The maximum atomic E-state index is 12.8. The van der Waals surface area contributed by atoms with Gasteiger partial charge in [-0.15, -0.1) is 0 Å². The summed E-state index contributed by atoms with van der Waals surface area (Å²) in [5, 5.41) is 10.1. The minimum absolute atomic E-state index is 0.0665. The Morgan fingerprint density at radius 1 is 1.19 bits per heavy atom. The number of ether oxygens (including phenoxy) is 1. The van der Waals surface area contributed by atoms with Gasteiger partial charge in [-0.25, -0.2) is 23.1 Å². The SMILES string of the molecule is Cc1cc(-c2nc(-c3cc(S(=O)(=O)NCC4(O)COC4)ccc3C)cnc2N)ccn1. The van der Waals surface area contributed by atoms with E-state index in [1.54, 1.807) is 24.4 Å². The molecule has 1 aliphatic heterocycles. The Morgan fingerprint density at radius 2 is 1.97 bits per heavy atom. The fraction of sp³-hybridized carbons (Fsp3) is 0.286. The summed E-state index contributed by atoms with van der Waals surface area (Å²) in [4.78, 5) is 13.2. The zero-order chi connectivity index (χ0) is 22.2. The normalized spacial score (nSPS) is 15.5. The van der Waals surface area contributed by atoms with Crippen molar-refractivity contribution in [1.82, 2.24) is 19.7 Å². The molecular formula is C21H23N5O4S. The molecule has 4 N–H and O–H groups in total. The topological polar surface area (TPSA) is 140 Å². The van der Waals surface area contributed by atoms with E-state index in [1.165, 1.54) is 12.3 Å². The van der Waals surface area contributed by atoms with Gasteiger partial charge in [-0.3, -0.25) is 4.98 Å². The molecule has 0 aliphatic carbocycles. The van der Waals surface area contributed by atoms with Crippen LogP contribution in [-0.2, 0) is 14.8 Å². The van der Waals surface area contributed by atoms with Crippen molar-refractivity contribution >= 4 is 15.8 Å². The lowest BCUT2D eigenvalue weighted by Crippen LogP contribution is -2.56. The van der Waals surface area contributed by atoms with E-state index < -0.39 is 15.6 Å². The molecule has 0 amide bonds. The van der Waals surface area contributed by atoms with Gasteiger partial charge in [-0.2, -0.15) is 0 Å². The van der Waals surface area contributed by atoms with Gasteiger partial charge in [-0.05, 0) is 43.7 Å². The first-order valence-electron chi connectivity index (χ1n) is 9.63. The molecule has 0 bridgehead atoms. The van der Waals surface area contributed by atoms with Crippen molar-refractivity contribution in [2.45, 2.75) is 24.3 Å². The second-order valence-electron chi connectivity index (χ2n) is 7.69. The first kappa shape index (κ1) is 21.3. The van der Waals surface area contributed by atoms with Crippen LogP contribution in [0.25, 0.3) is 22.5 Å². The number of nitrogens with zero attached hydrogens (tertiary/aromatic N) is 3. The van der Waals surface area contributed by atoms with E-state index in [-0.39, 0.29) is 30.5 Å². The fourth-order valence-corrected chi connectivity index (χ4v) is 4.38. The number of sulfonamides is 1.